The predicted octanol–water partition coefficient (Wildman–Crippen LogP) is 4.55. The van der Waals surface area contributed by atoms with Gasteiger partial charge in [0, 0.05) is 11.8 Å². The van der Waals surface area contributed by atoms with E-state index in [4.69, 9.17) is 0 Å². The first-order chi connectivity index (χ1) is 16.8. The van der Waals surface area contributed by atoms with E-state index in [9.17, 15) is 21.6 Å². The van der Waals surface area contributed by atoms with Crippen LogP contribution in [0, 0.1) is 13.8 Å². The Kier molecular flexibility index (Phi) is 8.26. The van der Waals surface area contributed by atoms with Crippen LogP contribution in [0.1, 0.15) is 52.0 Å². The fourth-order valence-electron chi connectivity index (χ4n) is 4.10. The van der Waals surface area contributed by atoms with Crippen LogP contribution in [0.2, 0.25) is 0 Å². The lowest BCUT2D eigenvalue weighted by Crippen LogP contribution is -2.31. The number of nitrogens with one attached hydrogen (secondary N) is 1. The third-order valence-corrected chi connectivity index (χ3v) is 8.30. The summed E-state index contributed by atoms with van der Waals surface area (Å²) in [4.78, 5) is 13.1. The van der Waals surface area contributed by atoms with Crippen LogP contribution < -0.4 is 9.62 Å². The molecule has 3 aromatic carbocycles. The van der Waals surface area contributed by atoms with Crippen LogP contribution in [0.25, 0.3) is 0 Å². The molecule has 0 heterocycles. The predicted molar refractivity (Wildman–Crippen MR) is 143 cm³/mol. The van der Waals surface area contributed by atoms with E-state index < -0.39 is 19.9 Å². The van der Waals surface area contributed by atoms with Gasteiger partial charge in [-0.3, -0.25) is 9.10 Å². The van der Waals surface area contributed by atoms with Gasteiger partial charge in [0.05, 0.1) is 29.4 Å². The van der Waals surface area contributed by atoms with E-state index in [1.54, 1.807) is 36.4 Å². The smallest absolute Gasteiger partial charge is 0.251 e. The quantitative estimate of drug-likeness (QED) is 0.439. The zero-order valence-corrected chi connectivity index (χ0v) is 22.8. The van der Waals surface area contributed by atoms with Gasteiger partial charge in [-0.1, -0.05) is 49.4 Å². The van der Waals surface area contributed by atoms with Gasteiger partial charge < -0.3 is 5.32 Å². The first-order valence-corrected chi connectivity index (χ1v) is 15.3. The highest BCUT2D eigenvalue weighted by Gasteiger charge is 2.22. The van der Waals surface area contributed by atoms with E-state index in [0.29, 0.717) is 17.7 Å². The highest BCUT2D eigenvalue weighted by atomic mass is 32.2. The van der Waals surface area contributed by atoms with Crippen LogP contribution in [-0.2, 0) is 26.4 Å². The van der Waals surface area contributed by atoms with Crippen molar-refractivity contribution in [2.75, 3.05) is 16.8 Å². The van der Waals surface area contributed by atoms with Crippen LogP contribution in [0.3, 0.4) is 0 Å². The molecule has 0 aliphatic heterocycles. The Labute approximate surface area is 214 Å². The lowest BCUT2D eigenvalue weighted by molar-refractivity contribution is 0.0935. The van der Waals surface area contributed by atoms with Gasteiger partial charge >= 0.3 is 0 Å². The molecule has 3 aromatic rings. The topological polar surface area (TPSA) is 101 Å². The third-order valence-electron chi connectivity index (χ3n) is 6.06. The SMILES string of the molecule is CCC(NC(=O)c1ccc(CN(c2c(C)cccc2C)S(C)(=O)=O)cc1)c1ccc(S(C)(=O)=O)cc1. The Morgan fingerprint density at radius 2 is 1.42 bits per heavy atom. The molecule has 1 amide bonds. The van der Waals surface area contributed by atoms with Crippen molar-refractivity contribution in [2.24, 2.45) is 0 Å². The summed E-state index contributed by atoms with van der Waals surface area (Å²) in [6.07, 6.45) is 2.97. The molecule has 0 aliphatic carbocycles. The standard InChI is InChI=1S/C27H32N2O5S2/c1-6-25(22-14-16-24(17-15-22)35(4,31)32)28-27(30)23-12-10-21(11-13-23)18-29(36(5,33)34)26-19(2)8-7-9-20(26)3/h7-17,25H,6,18H2,1-5H3,(H,28,30). The molecule has 1 N–H and O–H groups in total. The number of amides is 1. The van der Waals surface area contributed by atoms with Crippen molar-refractivity contribution >= 4 is 31.5 Å². The first-order valence-electron chi connectivity index (χ1n) is 11.5. The van der Waals surface area contributed by atoms with Gasteiger partial charge in [-0.05, 0) is 66.8 Å². The lowest BCUT2D eigenvalue weighted by atomic mass is 10.0. The number of carbonyl (C=O) groups excluding carboxylic acids is 1. The van der Waals surface area contributed by atoms with Gasteiger partial charge in [0.1, 0.15) is 0 Å². The molecular formula is C27H32N2O5S2. The molecule has 0 spiro atoms. The Morgan fingerprint density at radius 3 is 1.89 bits per heavy atom. The van der Waals surface area contributed by atoms with E-state index in [1.165, 1.54) is 22.7 Å². The summed E-state index contributed by atoms with van der Waals surface area (Å²) in [5.74, 6) is -0.268. The minimum atomic E-state index is -3.53. The molecule has 3 rings (SSSR count). The lowest BCUT2D eigenvalue weighted by Gasteiger charge is -2.26. The van der Waals surface area contributed by atoms with Gasteiger partial charge in [0.15, 0.2) is 9.84 Å². The van der Waals surface area contributed by atoms with Crippen molar-refractivity contribution in [1.29, 1.82) is 0 Å². The van der Waals surface area contributed by atoms with Crippen molar-refractivity contribution in [3.8, 4) is 0 Å². The number of sulfone groups is 1. The third kappa shape index (κ3) is 6.53. The zero-order chi connectivity index (χ0) is 26.7. The van der Waals surface area contributed by atoms with Crippen molar-refractivity contribution in [1.82, 2.24) is 5.32 Å². The molecule has 7 nitrogen and oxygen atoms in total. The van der Waals surface area contributed by atoms with Crippen LogP contribution in [0.4, 0.5) is 5.69 Å². The first kappa shape index (κ1) is 27.4. The molecule has 36 heavy (non-hydrogen) atoms. The average molecular weight is 529 g/mol. The average Bonchev–Trinajstić information content (AvgIpc) is 2.81. The number of benzene rings is 3. The summed E-state index contributed by atoms with van der Waals surface area (Å²) < 4.78 is 50.0. The zero-order valence-electron chi connectivity index (χ0n) is 21.1. The van der Waals surface area contributed by atoms with Gasteiger partial charge in [-0.25, -0.2) is 16.8 Å². The second-order valence-electron chi connectivity index (χ2n) is 8.98. The van der Waals surface area contributed by atoms with Gasteiger partial charge in [-0.15, -0.1) is 0 Å². The Hall–Kier alpha value is -3.17. The molecule has 0 saturated heterocycles. The monoisotopic (exact) mass is 528 g/mol. The van der Waals surface area contributed by atoms with Crippen LogP contribution >= 0.6 is 0 Å². The molecule has 9 heteroatoms. The second-order valence-corrected chi connectivity index (χ2v) is 12.9. The second kappa shape index (κ2) is 10.8. The highest BCUT2D eigenvalue weighted by Crippen LogP contribution is 2.28. The number of carbonyl (C=O) groups is 1. The highest BCUT2D eigenvalue weighted by molar-refractivity contribution is 7.92. The Balaban J connectivity index is 1.77. The number of hydrogen-bond donors (Lipinski definition) is 1. The molecule has 1 unspecified atom stereocenters. The minimum Gasteiger partial charge on any atom is -0.345 e. The molecule has 0 aliphatic rings. The maximum absolute atomic E-state index is 12.9. The summed E-state index contributed by atoms with van der Waals surface area (Å²) >= 11 is 0. The van der Waals surface area contributed by atoms with E-state index in [-0.39, 0.29) is 23.4 Å². The van der Waals surface area contributed by atoms with E-state index >= 15 is 0 Å². The number of sulfonamides is 1. The van der Waals surface area contributed by atoms with Crippen LogP contribution in [-0.4, -0.2) is 35.3 Å². The Morgan fingerprint density at radius 1 is 0.861 bits per heavy atom. The molecule has 0 aromatic heterocycles. The van der Waals surface area contributed by atoms with Crippen molar-refractivity contribution in [2.45, 2.75) is 44.7 Å². The van der Waals surface area contributed by atoms with Crippen LogP contribution in [0.15, 0.2) is 71.6 Å². The van der Waals surface area contributed by atoms with Crippen molar-refractivity contribution in [3.63, 3.8) is 0 Å². The molecule has 192 valence electrons. The summed E-state index contributed by atoms with van der Waals surface area (Å²) in [6.45, 7) is 5.85. The minimum absolute atomic E-state index is 0.149. The maximum atomic E-state index is 12.9. The van der Waals surface area contributed by atoms with E-state index in [0.717, 1.165) is 28.5 Å². The van der Waals surface area contributed by atoms with Crippen molar-refractivity contribution < 1.29 is 21.6 Å². The van der Waals surface area contributed by atoms with E-state index in [1.807, 2.05) is 39.0 Å². The molecule has 0 bridgehead atoms. The number of rotatable bonds is 9. The summed E-state index contributed by atoms with van der Waals surface area (Å²) in [5, 5.41) is 2.99. The summed E-state index contributed by atoms with van der Waals surface area (Å²) in [6, 6.07) is 18.7. The largest absolute Gasteiger partial charge is 0.345 e. The van der Waals surface area contributed by atoms with E-state index in [2.05, 4.69) is 5.32 Å². The van der Waals surface area contributed by atoms with Crippen molar-refractivity contribution in [3.05, 3.63) is 94.5 Å². The molecule has 1 atom stereocenters. The number of anilines is 1. The summed E-state index contributed by atoms with van der Waals surface area (Å²) in [5.41, 5.74) is 4.41. The molecule has 0 fully saturated rings. The number of para-hydroxylation sites is 1. The normalized spacial score (nSPS) is 12.7. The molecular weight excluding hydrogens is 496 g/mol. The fourth-order valence-corrected chi connectivity index (χ4v) is 5.73. The number of nitrogens with zero attached hydrogens (tertiary/aromatic N) is 1. The molecule has 0 saturated carbocycles. The number of aryl methyl sites for hydroxylation is 2. The number of hydrogen-bond acceptors (Lipinski definition) is 5. The summed E-state index contributed by atoms with van der Waals surface area (Å²) in [7, 11) is -6.82. The fraction of sp³-hybridized carbons (Fsp3) is 0.296. The van der Waals surface area contributed by atoms with Gasteiger partial charge in [0.2, 0.25) is 10.0 Å². The Bertz CT molecular complexity index is 1430. The maximum Gasteiger partial charge on any atom is 0.251 e. The van der Waals surface area contributed by atoms with Gasteiger partial charge in [0.25, 0.3) is 5.91 Å². The molecule has 0 radical (unpaired) electrons. The van der Waals surface area contributed by atoms with Crippen LogP contribution in [0.5, 0.6) is 0 Å². The van der Waals surface area contributed by atoms with Gasteiger partial charge in [-0.2, -0.15) is 0 Å².